The van der Waals surface area contributed by atoms with Crippen molar-refractivity contribution in [2.75, 3.05) is 6.61 Å². The lowest BCUT2D eigenvalue weighted by Gasteiger charge is -2.28. The minimum absolute atomic E-state index is 0.0435. The molecule has 138 valence electrons. The van der Waals surface area contributed by atoms with Crippen molar-refractivity contribution in [3.8, 4) is 0 Å². The van der Waals surface area contributed by atoms with Gasteiger partial charge in [0, 0.05) is 22.3 Å². The number of dihydropyridines is 1. The van der Waals surface area contributed by atoms with E-state index in [1.165, 1.54) is 27.2 Å². The van der Waals surface area contributed by atoms with E-state index in [9.17, 15) is 4.79 Å². The molecule has 2 aliphatic rings. The van der Waals surface area contributed by atoms with Gasteiger partial charge in [-0.3, -0.25) is 0 Å². The first-order chi connectivity index (χ1) is 13.0. The smallest absolute Gasteiger partial charge is 0.337 e. The van der Waals surface area contributed by atoms with E-state index in [0.29, 0.717) is 6.61 Å². The van der Waals surface area contributed by atoms with Crippen LogP contribution in [0, 0.1) is 6.92 Å². The number of thioether (sulfide) groups is 1. The van der Waals surface area contributed by atoms with Gasteiger partial charge in [-0.15, -0.1) is 11.8 Å². The van der Waals surface area contributed by atoms with Crippen molar-refractivity contribution in [1.82, 2.24) is 5.32 Å². The van der Waals surface area contributed by atoms with E-state index < -0.39 is 0 Å². The predicted octanol–water partition coefficient (Wildman–Crippen LogP) is 5.08. The van der Waals surface area contributed by atoms with Crippen LogP contribution in [-0.2, 0) is 15.3 Å². The van der Waals surface area contributed by atoms with Crippen molar-refractivity contribution in [3.05, 3.63) is 87.8 Å². The molecule has 0 aromatic heterocycles. The standard InChI is InChI=1S/C23H23NO2S/c1-14-8-10-17(11-9-14)13-27-20-7-5-4-6-18(20)21-15(2)16(3)24-19-12-26-23(25)22(19)21/h4-11,21,24H,12-13H2,1-3H3. The lowest BCUT2D eigenvalue weighted by molar-refractivity contribution is -0.136. The SMILES string of the molecule is CC1=C(C)C(c2ccccc2SCc2ccc(C)cc2)C2=C(COC2=O)N1. The molecule has 0 radical (unpaired) electrons. The molecule has 1 unspecified atom stereocenters. The first-order valence-corrected chi connectivity index (χ1v) is 10.1. The maximum Gasteiger partial charge on any atom is 0.337 e. The van der Waals surface area contributed by atoms with Crippen molar-refractivity contribution in [2.45, 2.75) is 37.3 Å². The fourth-order valence-corrected chi connectivity index (χ4v) is 4.70. The van der Waals surface area contributed by atoms with Crippen LogP contribution in [0.1, 0.15) is 36.5 Å². The van der Waals surface area contributed by atoms with E-state index in [4.69, 9.17) is 4.74 Å². The Bertz CT molecular complexity index is 957. The molecular weight excluding hydrogens is 354 g/mol. The molecule has 2 aliphatic heterocycles. The molecular formula is C23H23NO2S. The molecule has 2 aromatic carbocycles. The lowest BCUT2D eigenvalue weighted by Crippen LogP contribution is -2.25. The summed E-state index contributed by atoms with van der Waals surface area (Å²) in [5.74, 6) is 0.658. The molecule has 0 spiro atoms. The molecule has 1 N–H and O–H groups in total. The van der Waals surface area contributed by atoms with Crippen molar-refractivity contribution in [2.24, 2.45) is 0 Å². The van der Waals surface area contributed by atoms with Gasteiger partial charge in [0.25, 0.3) is 0 Å². The van der Waals surface area contributed by atoms with Gasteiger partial charge in [-0.1, -0.05) is 48.0 Å². The maximum absolute atomic E-state index is 12.4. The molecule has 2 aromatic rings. The first kappa shape index (κ1) is 17.9. The third kappa shape index (κ3) is 3.42. The molecule has 3 nitrogen and oxygen atoms in total. The molecule has 1 atom stereocenters. The van der Waals surface area contributed by atoms with Gasteiger partial charge in [0.1, 0.15) is 6.61 Å². The minimum atomic E-state index is -0.201. The number of carbonyl (C=O) groups excluding carboxylic acids is 1. The molecule has 2 heterocycles. The summed E-state index contributed by atoms with van der Waals surface area (Å²) in [7, 11) is 0. The zero-order chi connectivity index (χ0) is 19.0. The lowest BCUT2D eigenvalue weighted by atomic mass is 9.82. The van der Waals surface area contributed by atoms with Gasteiger partial charge in [-0.2, -0.15) is 0 Å². The van der Waals surface area contributed by atoms with Crippen LogP contribution >= 0.6 is 11.8 Å². The van der Waals surface area contributed by atoms with E-state index >= 15 is 0 Å². The largest absolute Gasteiger partial charge is 0.456 e. The number of ether oxygens (including phenoxy) is 1. The average molecular weight is 378 g/mol. The Morgan fingerprint density at radius 2 is 1.81 bits per heavy atom. The Kier molecular flexibility index (Phi) is 4.83. The summed E-state index contributed by atoms with van der Waals surface area (Å²) in [5.41, 5.74) is 7.71. The Hall–Kier alpha value is -2.46. The number of allylic oxidation sites excluding steroid dienone is 2. The number of esters is 1. The maximum atomic E-state index is 12.4. The number of hydrogen-bond acceptors (Lipinski definition) is 4. The van der Waals surface area contributed by atoms with Crippen LogP contribution in [0.25, 0.3) is 0 Å². The topological polar surface area (TPSA) is 38.3 Å². The zero-order valence-corrected chi connectivity index (χ0v) is 16.7. The van der Waals surface area contributed by atoms with Gasteiger partial charge in [-0.05, 0) is 43.5 Å². The molecule has 0 amide bonds. The predicted molar refractivity (Wildman–Crippen MR) is 109 cm³/mol. The molecule has 0 saturated carbocycles. The summed E-state index contributed by atoms with van der Waals surface area (Å²) in [6, 6.07) is 17.1. The van der Waals surface area contributed by atoms with E-state index in [-0.39, 0.29) is 11.9 Å². The highest BCUT2D eigenvalue weighted by Crippen LogP contribution is 2.44. The fourth-order valence-electron chi connectivity index (χ4n) is 3.65. The van der Waals surface area contributed by atoms with E-state index in [0.717, 1.165) is 22.7 Å². The number of cyclic esters (lactones) is 1. The number of hydrogen-bond donors (Lipinski definition) is 1. The zero-order valence-electron chi connectivity index (χ0n) is 15.8. The summed E-state index contributed by atoms with van der Waals surface area (Å²) in [4.78, 5) is 13.6. The quantitative estimate of drug-likeness (QED) is 0.596. The van der Waals surface area contributed by atoms with Crippen molar-refractivity contribution >= 4 is 17.7 Å². The molecule has 4 rings (SSSR count). The molecule has 0 aliphatic carbocycles. The van der Waals surface area contributed by atoms with Crippen LogP contribution in [0.5, 0.6) is 0 Å². The summed E-state index contributed by atoms with van der Waals surface area (Å²) in [6.07, 6.45) is 0. The molecule has 0 bridgehead atoms. The Morgan fingerprint density at radius 3 is 2.59 bits per heavy atom. The fraction of sp³-hybridized carbons (Fsp3) is 0.261. The highest BCUT2D eigenvalue weighted by Gasteiger charge is 2.38. The van der Waals surface area contributed by atoms with Crippen LogP contribution in [0.15, 0.2) is 76.0 Å². The first-order valence-electron chi connectivity index (χ1n) is 9.16. The second kappa shape index (κ2) is 7.28. The molecule has 0 fully saturated rings. The van der Waals surface area contributed by atoms with E-state index in [1.54, 1.807) is 0 Å². The van der Waals surface area contributed by atoms with Crippen molar-refractivity contribution in [1.29, 1.82) is 0 Å². The third-order valence-electron chi connectivity index (χ3n) is 5.29. The third-order valence-corrected chi connectivity index (χ3v) is 6.45. The van der Waals surface area contributed by atoms with E-state index in [1.807, 2.05) is 11.8 Å². The van der Waals surface area contributed by atoms with Gasteiger partial charge in [-0.25, -0.2) is 4.79 Å². The Labute approximate surface area is 164 Å². The van der Waals surface area contributed by atoms with Gasteiger partial charge in [0.2, 0.25) is 0 Å². The van der Waals surface area contributed by atoms with Crippen molar-refractivity contribution in [3.63, 3.8) is 0 Å². The monoisotopic (exact) mass is 377 g/mol. The Morgan fingerprint density at radius 1 is 1.07 bits per heavy atom. The highest BCUT2D eigenvalue weighted by atomic mass is 32.2. The molecule has 27 heavy (non-hydrogen) atoms. The summed E-state index contributed by atoms with van der Waals surface area (Å²) >= 11 is 1.82. The minimum Gasteiger partial charge on any atom is -0.456 e. The van der Waals surface area contributed by atoms with Crippen molar-refractivity contribution < 1.29 is 9.53 Å². The highest BCUT2D eigenvalue weighted by molar-refractivity contribution is 7.98. The Balaban J connectivity index is 1.68. The van der Waals surface area contributed by atoms with Crippen LogP contribution in [0.4, 0.5) is 0 Å². The number of benzene rings is 2. The van der Waals surface area contributed by atoms with Crippen LogP contribution in [-0.4, -0.2) is 12.6 Å². The number of rotatable bonds is 4. The van der Waals surface area contributed by atoms with Crippen LogP contribution in [0.3, 0.4) is 0 Å². The summed E-state index contributed by atoms with van der Waals surface area (Å²) < 4.78 is 5.32. The van der Waals surface area contributed by atoms with Crippen LogP contribution in [0.2, 0.25) is 0 Å². The second-order valence-corrected chi connectivity index (χ2v) is 8.16. The van der Waals surface area contributed by atoms with E-state index in [2.05, 4.69) is 74.6 Å². The number of carbonyl (C=O) groups is 1. The average Bonchev–Trinajstić information content (AvgIpc) is 3.03. The van der Waals surface area contributed by atoms with Crippen LogP contribution < -0.4 is 5.32 Å². The van der Waals surface area contributed by atoms with Gasteiger partial charge < -0.3 is 10.1 Å². The summed E-state index contributed by atoms with van der Waals surface area (Å²) in [5, 5.41) is 3.35. The second-order valence-electron chi connectivity index (χ2n) is 7.15. The normalized spacial score (nSPS) is 19.1. The molecule has 4 heteroatoms. The molecule has 0 saturated heterocycles. The van der Waals surface area contributed by atoms with Gasteiger partial charge in [0.15, 0.2) is 0 Å². The summed E-state index contributed by atoms with van der Waals surface area (Å²) in [6.45, 7) is 6.61. The number of nitrogens with one attached hydrogen (secondary N) is 1. The van der Waals surface area contributed by atoms with Gasteiger partial charge >= 0.3 is 5.97 Å². The number of aryl methyl sites for hydroxylation is 1. The van der Waals surface area contributed by atoms with Gasteiger partial charge in [0.05, 0.1) is 11.3 Å².